The lowest BCUT2D eigenvalue weighted by Gasteiger charge is -2.09. The van der Waals surface area contributed by atoms with Gasteiger partial charge in [-0.25, -0.2) is 0 Å². The normalized spacial score (nSPS) is 11.3. The molecule has 0 spiro atoms. The van der Waals surface area contributed by atoms with E-state index >= 15 is 0 Å². The molecule has 0 saturated carbocycles. The van der Waals surface area contributed by atoms with E-state index in [0.717, 1.165) is 4.47 Å². The summed E-state index contributed by atoms with van der Waals surface area (Å²) in [7, 11) is 1.52. The average molecular weight is 457 g/mol. The molecule has 0 aliphatic carbocycles. The number of rotatable bonds is 6. The standard InChI is InChI=1S/C19H16BrF3N2O3/c1-28-16-8-5-14(20)10-13(16)4-9-17(26)25-15-6-2-12(3-7-15)18(27)24-11-19(21,22)23/h2-10H,11H2,1H3,(H,24,27)(H,25,26)/b9-4+. The monoisotopic (exact) mass is 456 g/mol. The molecule has 2 aromatic carbocycles. The van der Waals surface area contributed by atoms with Gasteiger partial charge < -0.3 is 15.4 Å². The number of alkyl halides is 3. The molecule has 0 bridgehead atoms. The van der Waals surface area contributed by atoms with Crippen molar-refractivity contribution in [2.45, 2.75) is 6.18 Å². The predicted molar refractivity (Wildman–Crippen MR) is 103 cm³/mol. The Kier molecular flexibility index (Phi) is 7.22. The highest BCUT2D eigenvalue weighted by atomic mass is 79.9. The minimum absolute atomic E-state index is 0.0525. The van der Waals surface area contributed by atoms with Gasteiger partial charge in [-0.3, -0.25) is 9.59 Å². The predicted octanol–water partition coefficient (Wildman–Crippen LogP) is 4.40. The molecule has 148 valence electrons. The minimum atomic E-state index is -4.48. The van der Waals surface area contributed by atoms with Crippen LogP contribution in [0.1, 0.15) is 15.9 Å². The molecule has 0 radical (unpaired) electrons. The van der Waals surface area contributed by atoms with E-state index in [1.165, 1.54) is 37.5 Å². The number of ether oxygens (including phenoxy) is 1. The molecule has 9 heteroatoms. The Morgan fingerprint density at radius 3 is 2.43 bits per heavy atom. The Morgan fingerprint density at radius 1 is 1.14 bits per heavy atom. The van der Waals surface area contributed by atoms with Crippen LogP contribution >= 0.6 is 15.9 Å². The van der Waals surface area contributed by atoms with Crippen molar-refractivity contribution in [3.05, 3.63) is 64.1 Å². The molecule has 0 aliphatic heterocycles. The second-order valence-electron chi connectivity index (χ2n) is 5.58. The van der Waals surface area contributed by atoms with E-state index in [1.54, 1.807) is 23.5 Å². The number of benzene rings is 2. The Morgan fingerprint density at radius 2 is 1.82 bits per heavy atom. The molecule has 2 rings (SSSR count). The number of hydrogen-bond donors (Lipinski definition) is 2. The number of halogens is 4. The second-order valence-corrected chi connectivity index (χ2v) is 6.50. The number of methoxy groups -OCH3 is 1. The summed E-state index contributed by atoms with van der Waals surface area (Å²) in [6.45, 7) is -1.41. The lowest BCUT2D eigenvalue weighted by Crippen LogP contribution is -2.33. The van der Waals surface area contributed by atoms with Crippen molar-refractivity contribution in [1.82, 2.24) is 5.32 Å². The Hall–Kier alpha value is -2.81. The summed E-state index contributed by atoms with van der Waals surface area (Å²) >= 11 is 3.34. The van der Waals surface area contributed by atoms with Gasteiger partial charge in [0.05, 0.1) is 7.11 Å². The van der Waals surface area contributed by atoms with Gasteiger partial charge in [0.25, 0.3) is 5.91 Å². The molecule has 0 saturated heterocycles. The molecule has 0 fully saturated rings. The maximum absolute atomic E-state index is 12.1. The van der Waals surface area contributed by atoms with Crippen molar-refractivity contribution in [2.24, 2.45) is 0 Å². The van der Waals surface area contributed by atoms with Crippen molar-refractivity contribution in [3.63, 3.8) is 0 Å². The smallest absolute Gasteiger partial charge is 0.405 e. The van der Waals surface area contributed by atoms with Gasteiger partial charge in [-0.05, 0) is 48.5 Å². The highest BCUT2D eigenvalue weighted by Gasteiger charge is 2.27. The van der Waals surface area contributed by atoms with E-state index < -0.39 is 24.5 Å². The molecule has 0 unspecified atom stereocenters. The number of hydrogen-bond acceptors (Lipinski definition) is 3. The van der Waals surface area contributed by atoms with Crippen molar-refractivity contribution >= 4 is 39.5 Å². The van der Waals surface area contributed by atoms with Crippen molar-refractivity contribution in [3.8, 4) is 5.75 Å². The van der Waals surface area contributed by atoms with E-state index in [9.17, 15) is 22.8 Å². The second kappa shape index (κ2) is 9.41. The SMILES string of the molecule is COc1ccc(Br)cc1/C=C/C(=O)Nc1ccc(C(=O)NCC(F)(F)F)cc1. The van der Waals surface area contributed by atoms with Crippen LogP contribution in [0.25, 0.3) is 6.08 Å². The Bertz CT molecular complexity index is 881. The summed E-state index contributed by atoms with van der Waals surface area (Å²) < 4.78 is 42.4. The van der Waals surface area contributed by atoms with Crippen molar-refractivity contribution in [1.29, 1.82) is 0 Å². The average Bonchev–Trinajstić information content (AvgIpc) is 2.64. The molecule has 0 heterocycles. The molecule has 2 amide bonds. The first-order chi connectivity index (χ1) is 13.2. The van der Waals surface area contributed by atoms with Crippen LogP contribution in [0.4, 0.5) is 18.9 Å². The third-order valence-electron chi connectivity index (χ3n) is 3.47. The van der Waals surface area contributed by atoms with Gasteiger partial charge in [0, 0.05) is 27.4 Å². The molecule has 5 nitrogen and oxygen atoms in total. The quantitative estimate of drug-likeness (QED) is 0.632. The van der Waals surface area contributed by atoms with Gasteiger partial charge in [-0.2, -0.15) is 13.2 Å². The van der Waals surface area contributed by atoms with E-state index in [-0.39, 0.29) is 5.56 Å². The highest BCUT2D eigenvalue weighted by molar-refractivity contribution is 9.10. The zero-order valence-corrected chi connectivity index (χ0v) is 16.2. The van der Waals surface area contributed by atoms with Crippen LogP contribution < -0.4 is 15.4 Å². The molecular formula is C19H16BrF3N2O3. The summed E-state index contributed by atoms with van der Waals surface area (Å²) in [5, 5.41) is 4.37. The Balaban J connectivity index is 1.97. The Labute approximate surface area is 167 Å². The van der Waals surface area contributed by atoms with E-state index in [1.807, 2.05) is 6.07 Å². The van der Waals surface area contributed by atoms with Gasteiger partial charge >= 0.3 is 6.18 Å². The van der Waals surface area contributed by atoms with Crippen LogP contribution in [0.2, 0.25) is 0 Å². The lowest BCUT2D eigenvalue weighted by molar-refractivity contribution is -0.123. The topological polar surface area (TPSA) is 67.4 Å². The number of carbonyl (C=O) groups is 2. The van der Waals surface area contributed by atoms with Gasteiger partial charge in [-0.1, -0.05) is 15.9 Å². The van der Waals surface area contributed by atoms with Crippen LogP contribution in [0.15, 0.2) is 53.0 Å². The van der Waals surface area contributed by atoms with Crippen LogP contribution in [0.5, 0.6) is 5.75 Å². The van der Waals surface area contributed by atoms with Crippen LogP contribution in [-0.2, 0) is 4.79 Å². The van der Waals surface area contributed by atoms with E-state index in [4.69, 9.17) is 4.74 Å². The number of anilines is 1. The van der Waals surface area contributed by atoms with Gasteiger partial charge in [0.1, 0.15) is 12.3 Å². The van der Waals surface area contributed by atoms with Gasteiger partial charge in [-0.15, -0.1) is 0 Å². The zero-order valence-electron chi connectivity index (χ0n) is 14.6. The third-order valence-corrected chi connectivity index (χ3v) is 3.96. The number of amides is 2. The van der Waals surface area contributed by atoms with Crippen molar-refractivity contribution < 1.29 is 27.5 Å². The fourth-order valence-electron chi connectivity index (χ4n) is 2.17. The fraction of sp³-hybridized carbons (Fsp3) is 0.158. The summed E-state index contributed by atoms with van der Waals surface area (Å²) in [4.78, 5) is 23.7. The first kappa shape index (κ1) is 21.5. The maximum atomic E-state index is 12.1. The number of nitrogens with one attached hydrogen (secondary N) is 2. The third kappa shape index (κ3) is 6.73. The summed E-state index contributed by atoms with van der Waals surface area (Å²) in [5.74, 6) is -0.672. The lowest BCUT2D eigenvalue weighted by atomic mass is 10.1. The number of carbonyl (C=O) groups excluding carboxylic acids is 2. The highest BCUT2D eigenvalue weighted by Crippen LogP contribution is 2.24. The maximum Gasteiger partial charge on any atom is 0.405 e. The minimum Gasteiger partial charge on any atom is -0.496 e. The fourth-order valence-corrected chi connectivity index (χ4v) is 2.55. The van der Waals surface area contributed by atoms with E-state index in [2.05, 4.69) is 21.2 Å². The molecule has 0 aliphatic rings. The first-order valence-corrected chi connectivity index (χ1v) is 8.75. The molecular weight excluding hydrogens is 441 g/mol. The molecule has 28 heavy (non-hydrogen) atoms. The van der Waals surface area contributed by atoms with Crippen molar-refractivity contribution in [2.75, 3.05) is 19.0 Å². The molecule has 0 atom stereocenters. The zero-order chi connectivity index (χ0) is 20.7. The summed E-state index contributed by atoms with van der Waals surface area (Å²) in [5.41, 5.74) is 1.14. The summed E-state index contributed by atoms with van der Waals surface area (Å²) in [6.07, 6.45) is -1.58. The van der Waals surface area contributed by atoms with Gasteiger partial charge in [0.15, 0.2) is 0 Å². The van der Waals surface area contributed by atoms with Crippen LogP contribution in [0.3, 0.4) is 0 Å². The molecule has 2 aromatic rings. The van der Waals surface area contributed by atoms with Crippen LogP contribution in [-0.4, -0.2) is 31.6 Å². The van der Waals surface area contributed by atoms with Crippen LogP contribution in [0, 0.1) is 0 Å². The summed E-state index contributed by atoms with van der Waals surface area (Å²) in [6, 6.07) is 10.8. The molecule has 0 aromatic heterocycles. The van der Waals surface area contributed by atoms with Gasteiger partial charge in [0.2, 0.25) is 5.91 Å². The van der Waals surface area contributed by atoms with E-state index in [0.29, 0.717) is 17.0 Å². The largest absolute Gasteiger partial charge is 0.496 e. The molecule has 2 N–H and O–H groups in total. The first-order valence-electron chi connectivity index (χ1n) is 7.95.